The topological polar surface area (TPSA) is 124 Å². The molecule has 0 saturated carbocycles. The van der Waals surface area contributed by atoms with Crippen LogP contribution in [0, 0.1) is 0 Å². The molecule has 1 aromatic rings. The maximum Gasteiger partial charge on any atom is 0.268 e. The van der Waals surface area contributed by atoms with Crippen LogP contribution in [0.2, 0.25) is 0 Å². The summed E-state index contributed by atoms with van der Waals surface area (Å²) in [6.45, 7) is 0.545. The number of carbonyl (C=O) groups excluding carboxylic acids is 2. The van der Waals surface area contributed by atoms with Gasteiger partial charge in [-0.1, -0.05) is 6.07 Å². The number of pyridine rings is 1. The molecule has 0 spiro atoms. The van der Waals surface area contributed by atoms with E-state index in [9.17, 15) is 14.4 Å². The maximum atomic E-state index is 12.1. The number of amides is 2. The van der Waals surface area contributed by atoms with Crippen molar-refractivity contribution in [1.29, 1.82) is 0 Å². The van der Waals surface area contributed by atoms with Crippen LogP contribution in [0.15, 0.2) is 23.0 Å². The quantitative estimate of drug-likeness (QED) is 0.627. The van der Waals surface area contributed by atoms with Crippen LogP contribution in [-0.4, -0.2) is 48.8 Å². The van der Waals surface area contributed by atoms with Crippen LogP contribution < -0.4 is 16.6 Å². The Kier molecular flexibility index (Phi) is 5.07. The SMILES string of the molecule is NC(=O)CO[C@H]1CCOC[C@H]1NC(=O)c1cccc(=O)[nH]1. The number of ether oxygens (including phenoxy) is 2. The van der Waals surface area contributed by atoms with Crippen molar-refractivity contribution in [3.05, 3.63) is 34.2 Å². The summed E-state index contributed by atoms with van der Waals surface area (Å²) >= 11 is 0. The fourth-order valence-electron chi connectivity index (χ4n) is 2.07. The Morgan fingerprint density at radius 1 is 1.48 bits per heavy atom. The van der Waals surface area contributed by atoms with Crippen molar-refractivity contribution in [2.24, 2.45) is 5.73 Å². The molecule has 2 atom stereocenters. The summed E-state index contributed by atoms with van der Waals surface area (Å²) in [5.41, 5.74) is 4.84. The Labute approximate surface area is 120 Å². The summed E-state index contributed by atoms with van der Waals surface area (Å²) in [4.78, 5) is 36.5. The molecule has 1 fully saturated rings. The Morgan fingerprint density at radius 2 is 2.29 bits per heavy atom. The molecule has 1 aliphatic rings. The van der Waals surface area contributed by atoms with E-state index in [1.54, 1.807) is 0 Å². The van der Waals surface area contributed by atoms with Crippen LogP contribution in [0.4, 0.5) is 0 Å². The first-order valence-corrected chi connectivity index (χ1v) is 6.54. The van der Waals surface area contributed by atoms with E-state index >= 15 is 0 Å². The maximum absolute atomic E-state index is 12.1. The van der Waals surface area contributed by atoms with Gasteiger partial charge in [0.05, 0.1) is 18.8 Å². The smallest absolute Gasteiger partial charge is 0.268 e. The Balaban J connectivity index is 1.99. The van der Waals surface area contributed by atoms with Crippen LogP contribution in [0.25, 0.3) is 0 Å². The van der Waals surface area contributed by atoms with Crippen LogP contribution in [-0.2, 0) is 14.3 Å². The zero-order valence-electron chi connectivity index (χ0n) is 11.3. The summed E-state index contributed by atoms with van der Waals surface area (Å²) in [5, 5.41) is 2.73. The van der Waals surface area contributed by atoms with Crippen molar-refractivity contribution in [3.63, 3.8) is 0 Å². The van der Waals surface area contributed by atoms with E-state index in [1.165, 1.54) is 18.2 Å². The highest BCUT2D eigenvalue weighted by atomic mass is 16.5. The fourth-order valence-corrected chi connectivity index (χ4v) is 2.07. The molecule has 1 aliphatic heterocycles. The van der Waals surface area contributed by atoms with Crippen molar-refractivity contribution in [2.75, 3.05) is 19.8 Å². The molecule has 1 saturated heterocycles. The molecule has 4 N–H and O–H groups in total. The largest absolute Gasteiger partial charge is 0.379 e. The minimum absolute atomic E-state index is 0.154. The third kappa shape index (κ3) is 4.40. The average Bonchev–Trinajstić information content (AvgIpc) is 2.46. The number of nitrogens with one attached hydrogen (secondary N) is 2. The van der Waals surface area contributed by atoms with Gasteiger partial charge >= 0.3 is 0 Å². The highest BCUT2D eigenvalue weighted by Gasteiger charge is 2.28. The molecule has 0 aliphatic carbocycles. The van der Waals surface area contributed by atoms with E-state index in [2.05, 4.69) is 10.3 Å². The highest BCUT2D eigenvalue weighted by Crippen LogP contribution is 2.12. The number of nitrogens with two attached hydrogens (primary N) is 1. The summed E-state index contributed by atoms with van der Waals surface area (Å²) in [5.74, 6) is -1.00. The number of hydrogen-bond donors (Lipinski definition) is 3. The number of H-pyrrole nitrogens is 1. The lowest BCUT2D eigenvalue weighted by molar-refractivity contribution is -0.128. The zero-order valence-corrected chi connectivity index (χ0v) is 11.3. The first-order valence-electron chi connectivity index (χ1n) is 6.54. The van der Waals surface area contributed by atoms with E-state index in [0.717, 1.165) is 0 Å². The molecule has 0 aromatic carbocycles. The van der Waals surface area contributed by atoms with Gasteiger partial charge in [0.25, 0.3) is 5.91 Å². The van der Waals surface area contributed by atoms with Crippen molar-refractivity contribution in [2.45, 2.75) is 18.6 Å². The molecule has 2 amide bonds. The van der Waals surface area contributed by atoms with Crippen LogP contribution >= 0.6 is 0 Å². The second-order valence-electron chi connectivity index (χ2n) is 4.69. The first kappa shape index (κ1) is 15.2. The van der Waals surface area contributed by atoms with Crippen molar-refractivity contribution < 1.29 is 19.1 Å². The Morgan fingerprint density at radius 3 is 3.00 bits per heavy atom. The Bertz CT molecular complexity index is 571. The molecule has 2 rings (SSSR count). The van der Waals surface area contributed by atoms with E-state index in [1.807, 2.05) is 0 Å². The Hall–Kier alpha value is -2.19. The van der Waals surface area contributed by atoms with Gasteiger partial charge in [-0.25, -0.2) is 0 Å². The molecule has 8 nitrogen and oxygen atoms in total. The number of aromatic amines is 1. The van der Waals surface area contributed by atoms with Crippen LogP contribution in [0.3, 0.4) is 0 Å². The third-order valence-corrected chi connectivity index (χ3v) is 3.06. The van der Waals surface area contributed by atoms with Crippen molar-refractivity contribution >= 4 is 11.8 Å². The van der Waals surface area contributed by atoms with Gasteiger partial charge in [-0.2, -0.15) is 0 Å². The molecule has 0 unspecified atom stereocenters. The molecule has 1 aromatic heterocycles. The minimum Gasteiger partial charge on any atom is -0.379 e. The first-order chi connectivity index (χ1) is 10.1. The zero-order chi connectivity index (χ0) is 15.2. The summed E-state index contributed by atoms with van der Waals surface area (Å²) < 4.78 is 10.7. The predicted octanol–water partition coefficient (Wildman–Crippen LogP) is -1.24. The molecule has 21 heavy (non-hydrogen) atoms. The van der Waals surface area contributed by atoms with E-state index in [4.69, 9.17) is 15.2 Å². The number of carbonyl (C=O) groups is 2. The molecular formula is C13H17N3O5. The van der Waals surface area contributed by atoms with Crippen LogP contribution in [0.1, 0.15) is 16.9 Å². The molecule has 0 radical (unpaired) electrons. The number of rotatable bonds is 5. The fraction of sp³-hybridized carbons (Fsp3) is 0.462. The number of hydrogen-bond acceptors (Lipinski definition) is 5. The minimum atomic E-state index is -0.570. The lowest BCUT2D eigenvalue weighted by Crippen LogP contribution is -2.51. The third-order valence-electron chi connectivity index (χ3n) is 3.06. The molecule has 2 heterocycles. The predicted molar refractivity (Wildman–Crippen MR) is 72.7 cm³/mol. The number of aromatic nitrogens is 1. The molecule has 114 valence electrons. The van der Waals surface area contributed by atoms with Gasteiger partial charge in [0.15, 0.2) is 0 Å². The number of primary amides is 1. The van der Waals surface area contributed by atoms with Gasteiger partial charge in [0, 0.05) is 12.7 Å². The van der Waals surface area contributed by atoms with Gasteiger partial charge in [0.2, 0.25) is 11.5 Å². The van der Waals surface area contributed by atoms with E-state index < -0.39 is 17.9 Å². The second-order valence-corrected chi connectivity index (χ2v) is 4.69. The molecular weight excluding hydrogens is 278 g/mol. The van der Waals surface area contributed by atoms with Crippen molar-refractivity contribution in [1.82, 2.24) is 10.3 Å². The highest BCUT2D eigenvalue weighted by molar-refractivity contribution is 5.92. The summed E-state index contributed by atoms with van der Waals surface area (Å²) in [7, 11) is 0. The lowest BCUT2D eigenvalue weighted by Gasteiger charge is -2.31. The van der Waals surface area contributed by atoms with Gasteiger partial charge in [-0.15, -0.1) is 0 Å². The lowest BCUT2D eigenvalue weighted by atomic mass is 10.1. The normalized spacial score (nSPS) is 21.7. The van der Waals surface area contributed by atoms with Crippen LogP contribution in [0.5, 0.6) is 0 Å². The van der Waals surface area contributed by atoms with E-state index in [-0.39, 0.29) is 30.6 Å². The van der Waals surface area contributed by atoms with Crippen molar-refractivity contribution in [3.8, 4) is 0 Å². The van der Waals surface area contributed by atoms with Gasteiger partial charge in [-0.3, -0.25) is 14.4 Å². The van der Waals surface area contributed by atoms with Gasteiger partial charge in [-0.05, 0) is 12.5 Å². The summed E-state index contributed by atoms with van der Waals surface area (Å²) in [6, 6.07) is 3.90. The second kappa shape index (κ2) is 7.00. The summed E-state index contributed by atoms with van der Waals surface area (Å²) in [6.07, 6.45) is 0.189. The average molecular weight is 295 g/mol. The molecule has 8 heteroatoms. The van der Waals surface area contributed by atoms with Gasteiger partial charge in [0.1, 0.15) is 12.3 Å². The van der Waals surface area contributed by atoms with Gasteiger partial charge < -0.3 is 25.5 Å². The monoisotopic (exact) mass is 295 g/mol. The van der Waals surface area contributed by atoms with E-state index in [0.29, 0.717) is 13.0 Å². The standard InChI is InChI=1S/C13H17N3O5/c14-11(17)7-21-10-4-5-20-6-9(10)16-13(19)8-2-1-3-12(18)15-8/h1-3,9-10H,4-7H2,(H2,14,17)(H,15,18)(H,16,19)/t9-,10+/m1/s1. The molecule has 0 bridgehead atoms.